The van der Waals surface area contributed by atoms with Gasteiger partial charge in [0, 0.05) is 24.2 Å². The molecule has 0 unspecified atom stereocenters. The van der Waals surface area contributed by atoms with Crippen LogP contribution in [0.15, 0.2) is 47.1 Å². The second-order valence-electron chi connectivity index (χ2n) is 10.6. The van der Waals surface area contributed by atoms with Crippen LogP contribution in [-0.4, -0.2) is 52.8 Å². The Balaban J connectivity index is 1.23. The van der Waals surface area contributed by atoms with Gasteiger partial charge in [-0.3, -0.25) is 9.69 Å². The van der Waals surface area contributed by atoms with E-state index in [1.165, 1.54) is 30.0 Å². The van der Waals surface area contributed by atoms with Crippen LogP contribution in [-0.2, 0) is 16.6 Å². The zero-order valence-corrected chi connectivity index (χ0v) is 18.7. The number of likely N-dealkylation sites (tertiary alicyclic amines) is 1. The van der Waals surface area contributed by atoms with E-state index >= 15 is 0 Å². The maximum Gasteiger partial charge on any atom is 0.244 e. The maximum atomic E-state index is 12.8. The minimum atomic E-state index is -0.824. The lowest BCUT2D eigenvalue weighted by Gasteiger charge is -2.64. The molecule has 1 aromatic heterocycles. The van der Waals surface area contributed by atoms with Crippen LogP contribution in [0, 0.1) is 5.92 Å². The van der Waals surface area contributed by atoms with Crippen molar-refractivity contribution < 1.29 is 19.1 Å². The summed E-state index contributed by atoms with van der Waals surface area (Å²) in [5, 5.41) is 15.6. The van der Waals surface area contributed by atoms with Gasteiger partial charge < -0.3 is 19.6 Å². The normalized spacial score (nSPS) is 36.5. The maximum absolute atomic E-state index is 12.8. The molecule has 33 heavy (non-hydrogen) atoms. The van der Waals surface area contributed by atoms with Gasteiger partial charge in [0.05, 0.1) is 23.3 Å². The Labute approximate surface area is 193 Å². The van der Waals surface area contributed by atoms with E-state index in [-0.39, 0.29) is 24.1 Å². The van der Waals surface area contributed by atoms with Crippen LogP contribution in [0.3, 0.4) is 0 Å². The summed E-state index contributed by atoms with van der Waals surface area (Å²) in [5.41, 5.74) is 1.25. The summed E-state index contributed by atoms with van der Waals surface area (Å²) in [7, 11) is 0. The monoisotopic (exact) mass is 446 g/mol. The summed E-state index contributed by atoms with van der Waals surface area (Å²) >= 11 is 0. The first kappa shape index (κ1) is 19.9. The molecule has 1 spiro atoms. The van der Waals surface area contributed by atoms with Crippen LogP contribution in [0.25, 0.3) is 6.08 Å². The summed E-state index contributed by atoms with van der Waals surface area (Å²) in [4.78, 5) is 15.4. The molecular weight excluding hydrogens is 416 g/mol. The lowest BCUT2D eigenvalue weighted by Crippen LogP contribution is -2.78. The molecule has 2 saturated carbocycles. The number of hydrogen-bond acceptors (Lipinski definition) is 5. The predicted molar refractivity (Wildman–Crippen MR) is 123 cm³/mol. The minimum Gasteiger partial charge on any atom is -0.487 e. The second-order valence-corrected chi connectivity index (χ2v) is 10.6. The molecular formula is C27H30N2O4. The van der Waals surface area contributed by atoms with Gasteiger partial charge in [0.2, 0.25) is 5.91 Å². The smallest absolute Gasteiger partial charge is 0.244 e. The second kappa shape index (κ2) is 6.97. The molecule has 1 saturated heterocycles. The number of ether oxygens (including phenoxy) is 1. The molecule has 3 fully saturated rings. The Hall–Kier alpha value is -2.57. The number of benzene rings is 1. The highest BCUT2D eigenvalue weighted by Crippen LogP contribution is 2.64. The zero-order valence-electron chi connectivity index (χ0n) is 18.7. The quantitative estimate of drug-likeness (QED) is 0.691. The van der Waals surface area contributed by atoms with Crippen LogP contribution in [0.4, 0.5) is 0 Å². The van der Waals surface area contributed by atoms with Crippen LogP contribution >= 0.6 is 0 Å². The van der Waals surface area contributed by atoms with E-state index in [1.807, 2.05) is 12.1 Å². The van der Waals surface area contributed by atoms with E-state index in [0.29, 0.717) is 18.6 Å². The van der Waals surface area contributed by atoms with Crippen LogP contribution in [0.1, 0.15) is 49.0 Å². The number of hydrogen-bond donors (Lipinski definition) is 2. The first-order valence-corrected chi connectivity index (χ1v) is 12.4. The summed E-state index contributed by atoms with van der Waals surface area (Å²) in [6, 6.07) is 9.93. The van der Waals surface area contributed by atoms with Gasteiger partial charge in [0.25, 0.3) is 0 Å². The molecule has 1 aromatic carbocycles. The lowest BCUT2D eigenvalue weighted by molar-refractivity contribution is -0.192. The fraction of sp³-hybridized carbons (Fsp3) is 0.519. The molecule has 2 bridgehead atoms. The lowest BCUT2D eigenvalue weighted by atomic mass is 9.48. The first-order valence-electron chi connectivity index (χ1n) is 12.4. The largest absolute Gasteiger partial charge is 0.487 e. The van der Waals surface area contributed by atoms with Gasteiger partial charge in [-0.1, -0.05) is 12.1 Å². The number of piperidine rings is 1. The average molecular weight is 447 g/mol. The van der Waals surface area contributed by atoms with Gasteiger partial charge in [0.15, 0.2) is 0 Å². The highest BCUT2D eigenvalue weighted by Gasteiger charge is 2.72. The zero-order chi connectivity index (χ0) is 22.2. The van der Waals surface area contributed by atoms with Crippen molar-refractivity contribution in [3.63, 3.8) is 0 Å². The molecule has 3 heterocycles. The van der Waals surface area contributed by atoms with Crippen LogP contribution in [0.2, 0.25) is 0 Å². The van der Waals surface area contributed by atoms with Crippen molar-refractivity contribution in [2.45, 2.75) is 67.7 Å². The third-order valence-electron chi connectivity index (χ3n) is 8.93. The van der Waals surface area contributed by atoms with Gasteiger partial charge >= 0.3 is 0 Å². The fourth-order valence-corrected chi connectivity index (χ4v) is 7.37. The SMILES string of the molecule is O=C(/C=C/c1ccco1)N[C@@H]1CC[C@@]2(O)[C@H]3Cc4cccc5c4[C@@]2(CCN3CC2CC2)[C@H]1O5. The van der Waals surface area contributed by atoms with Crippen molar-refractivity contribution in [3.8, 4) is 5.75 Å². The fourth-order valence-electron chi connectivity index (χ4n) is 7.37. The van der Waals surface area contributed by atoms with Crippen molar-refractivity contribution in [3.05, 3.63) is 59.6 Å². The molecule has 6 nitrogen and oxygen atoms in total. The van der Waals surface area contributed by atoms with Gasteiger partial charge in [-0.05, 0) is 80.8 Å². The van der Waals surface area contributed by atoms with Crippen LogP contribution in [0.5, 0.6) is 5.75 Å². The van der Waals surface area contributed by atoms with E-state index in [1.54, 1.807) is 18.4 Å². The number of furan rings is 1. The highest BCUT2D eigenvalue weighted by atomic mass is 16.5. The van der Waals surface area contributed by atoms with E-state index in [4.69, 9.17) is 9.15 Å². The Morgan fingerprint density at radius 3 is 2.94 bits per heavy atom. The molecule has 7 rings (SSSR count). The Bertz CT molecular complexity index is 1120. The van der Waals surface area contributed by atoms with Crippen molar-refractivity contribution in [2.24, 2.45) is 5.92 Å². The van der Waals surface area contributed by atoms with Crippen molar-refractivity contribution in [1.29, 1.82) is 0 Å². The number of carbonyl (C=O) groups excluding carboxylic acids is 1. The number of aliphatic hydroxyl groups is 1. The average Bonchev–Trinajstić information content (AvgIpc) is 3.33. The Kier molecular flexibility index (Phi) is 4.19. The first-order chi connectivity index (χ1) is 16.1. The van der Waals surface area contributed by atoms with Gasteiger partial charge in [-0.15, -0.1) is 0 Å². The number of amides is 1. The molecule has 5 atom stereocenters. The van der Waals surface area contributed by atoms with Crippen molar-refractivity contribution in [1.82, 2.24) is 10.2 Å². The molecule has 0 radical (unpaired) electrons. The molecule has 2 aliphatic heterocycles. The molecule has 6 heteroatoms. The third kappa shape index (κ3) is 2.77. The van der Waals surface area contributed by atoms with E-state index in [2.05, 4.69) is 22.3 Å². The molecule has 1 amide bonds. The number of nitrogens with zero attached hydrogens (tertiary/aromatic N) is 1. The van der Waals surface area contributed by atoms with Crippen LogP contribution < -0.4 is 10.1 Å². The van der Waals surface area contributed by atoms with E-state index in [9.17, 15) is 9.90 Å². The van der Waals surface area contributed by atoms with Crippen molar-refractivity contribution >= 4 is 12.0 Å². The molecule has 2 aromatic rings. The topological polar surface area (TPSA) is 74.9 Å². The summed E-state index contributed by atoms with van der Waals surface area (Å²) < 4.78 is 11.9. The van der Waals surface area contributed by atoms with Gasteiger partial charge in [-0.25, -0.2) is 0 Å². The van der Waals surface area contributed by atoms with Crippen molar-refractivity contribution in [2.75, 3.05) is 13.1 Å². The van der Waals surface area contributed by atoms with E-state index in [0.717, 1.165) is 37.6 Å². The molecule has 2 N–H and O–H groups in total. The Morgan fingerprint density at radius 2 is 2.12 bits per heavy atom. The van der Waals surface area contributed by atoms with Gasteiger partial charge in [0.1, 0.15) is 17.6 Å². The number of carbonyl (C=O) groups is 1. The standard InChI is InChI=1S/C27H30N2O4/c30-23(9-8-19-4-2-14-32-19)28-20-10-11-27(31)22-15-18-3-1-5-21-24(18)26(27,25(20)33-21)12-13-29(22)16-17-6-7-17/h1-5,8-9,14,17,20,22,25,31H,6-7,10-13,15-16H2,(H,28,30)/b9-8+/t20-,22-,25+,26+,27-/m1/s1. The van der Waals surface area contributed by atoms with E-state index < -0.39 is 11.0 Å². The molecule has 5 aliphatic rings. The highest BCUT2D eigenvalue weighted by molar-refractivity contribution is 5.91. The minimum absolute atomic E-state index is 0.120. The third-order valence-corrected chi connectivity index (χ3v) is 8.93. The summed E-state index contributed by atoms with van der Waals surface area (Å²) in [6.07, 6.45) is 10.3. The molecule has 3 aliphatic carbocycles. The summed E-state index contributed by atoms with van der Waals surface area (Å²) in [6.45, 7) is 2.08. The predicted octanol–water partition coefficient (Wildman–Crippen LogP) is 3.04. The number of rotatable bonds is 5. The number of nitrogens with one attached hydrogen (secondary N) is 1. The Morgan fingerprint density at radius 1 is 1.21 bits per heavy atom. The summed E-state index contributed by atoms with van der Waals surface area (Å²) in [5.74, 6) is 2.19. The van der Waals surface area contributed by atoms with Gasteiger partial charge in [-0.2, -0.15) is 0 Å². The molecule has 172 valence electrons.